The van der Waals surface area contributed by atoms with E-state index in [1.54, 1.807) is 19.5 Å². The van der Waals surface area contributed by atoms with Crippen LogP contribution in [0.3, 0.4) is 0 Å². The number of hydrogen-bond donors (Lipinski definition) is 3. The Hall–Kier alpha value is -3.68. The first-order valence-electron chi connectivity index (χ1n) is 8.88. The first-order chi connectivity index (χ1) is 13.7. The van der Waals surface area contributed by atoms with Crippen LogP contribution in [0, 0.1) is 0 Å². The molecular weight excluding hydrogens is 356 g/mol. The summed E-state index contributed by atoms with van der Waals surface area (Å²) in [6.07, 6.45) is 3.68. The lowest BCUT2D eigenvalue weighted by Crippen LogP contribution is -2.30. The zero-order valence-electron chi connectivity index (χ0n) is 15.6. The second kappa shape index (κ2) is 9.86. The number of anilines is 3. The molecule has 0 radical (unpaired) electrons. The van der Waals surface area contributed by atoms with E-state index in [-0.39, 0.29) is 12.3 Å². The van der Waals surface area contributed by atoms with Crippen LogP contribution in [0.4, 0.5) is 17.3 Å². The summed E-state index contributed by atoms with van der Waals surface area (Å²) in [6, 6.07) is 14.8. The highest BCUT2D eigenvalue weighted by molar-refractivity contribution is 5.79. The number of benzene rings is 1. The molecule has 3 rings (SSSR count). The number of carbonyl (C=O) groups is 1. The van der Waals surface area contributed by atoms with Crippen LogP contribution in [0.15, 0.2) is 60.9 Å². The predicted octanol–water partition coefficient (Wildman–Crippen LogP) is 2.39. The van der Waals surface area contributed by atoms with Crippen molar-refractivity contribution in [2.45, 2.75) is 6.42 Å². The highest BCUT2D eigenvalue weighted by Gasteiger charge is 2.07. The lowest BCUT2D eigenvalue weighted by molar-refractivity contribution is -0.120. The van der Waals surface area contributed by atoms with E-state index in [1.165, 1.54) is 0 Å². The summed E-state index contributed by atoms with van der Waals surface area (Å²) in [5.74, 6) is 1.93. The molecule has 1 aromatic carbocycles. The van der Waals surface area contributed by atoms with Gasteiger partial charge in [0.15, 0.2) is 5.82 Å². The largest absolute Gasteiger partial charge is 0.496 e. The van der Waals surface area contributed by atoms with E-state index in [1.807, 2.05) is 48.5 Å². The Bertz CT molecular complexity index is 887. The third kappa shape index (κ3) is 5.66. The van der Waals surface area contributed by atoms with Gasteiger partial charge in [-0.1, -0.05) is 18.2 Å². The number of methoxy groups -OCH3 is 1. The molecule has 2 aromatic heterocycles. The molecule has 0 fully saturated rings. The van der Waals surface area contributed by atoms with Gasteiger partial charge < -0.3 is 20.7 Å². The molecule has 3 N–H and O–H groups in total. The standard InChI is InChI=1S/C20H22N6O2/c1-28-17-5-3-2-4-15(17)14-20(27)23-13-12-22-18-6-7-19(26-25-18)24-16-8-10-21-11-9-16/h2-11H,12-14H2,1H3,(H,22,25)(H,23,27)(H,21,24,26). The van der Waals surface area contributed by atoms with Crippen LogP contribution in [0.2, 0.25) is 0 Å². The van der Waals surface area contributed by atoms with Gasteiger partial charge in [0.05, 0.1) is 13.5 Å². The molecule has 0 unspecified atom stereocenters. The van der Waals surface area contributed by atoms with Gasteiger partial charge in [0.2, 0.25) is 5.91 Å². The highest BCUT2D eigenvalue weighted by Crippen LogP contribution is 2.17. The minimum absolute atomic E-state index is 0.0608. The molecule has 0 spiro atoms. The number of aromatic nitrogens is 3. The monoisotopic (exact) mass is 378 g/mol. The summed E-state index contributed by atoms with van der Waals surface area (Å²) in [6.45, 7) is 1.02. The van der Waals surface area contributed by atoms with Crippen LogP contribution in [0.1, 0.15) is 5.56 Å². The number of nitrogens with one attached hydrogen (secondary N) is 3. The lowest BCUT2D eigenvalue weighted by Gasteiger charge is -2.10. The molecular formula is C20H22N6O2. The van der Waals surface area contributed by atoms with Crippen molar-refractivity contribution in [2.24, 2.45) is 0 Å². The molecule has 8 nitrogen and oxygen atoms in total. The van der Waals surface area contributed by atoms with Crippen LogP contribution in [-0.2, 0) is 11.2 Å². The average molecular weight is 378 g/mol. The molecule has 0 atom stereocenters. The Morgan fingerprint density at radius 2 is 1.71 bits per heavy atom. The van der Waals surface area contributed by atoms with Crippen molar-refractivity contribution in [3.8, 4) is 5.75 Å². The summed E-state index contributed by atoms with van der Waals surface area (Å²) >= 11 is 0. The third-order valence-corrected chi connectivity index (χ3v) is 3.91. The maximum absolute atomic E-state index is 12.1. The molecule has 1 amide bonds. The van der Waals surface area contributed by atoms with Gasteiger partial charge in [-0.15, -0.1) is 10.2 Å². The van der Waals surface area contributed by atoms with Crippen molar-refractivity contribution in [2.75, 3.05) is 30.8 Å². The number of ether oxygens (including phenoxy) is 1. The van der Waals surface area contributed by atoms with Gasteiger partial charge in [-0.3, -0.25) is 9.78 Å². The fourth-order valence-electron chi connectivity index (χ4n) is 2.55. The second-order valence-electron chi connectivity index (χ2n) is 5.93. The number of para-hydroxylation sites is 1. The minimum Gasteiger partial charge on any atom is -0.496 e. The molecule has 0 bridgehead atoms. The lowest BCUT2D eigenvalue weighted by atomic mass is 10.1. The Balaban J connectivity index is 1.39. The van der Waals surface area contributed by atoms with Gasteiger partial charge >= 0.3 is 0 Å². The number of rotatable bonds is 9. The maximum atomic E-state index is 12.1. The van der Waals surface area contributed by atoms with Gasteiger partial charge in [-0.05, 0) is 30.3 Å². The van der Waals surface area contributed by atoms with Crippen molar-refractivity contribution in [3.05, 3.63) is 66.5 Å². The maximum Gasteiger partial charge on any atom is 0.224 e. The number of nitrogens with zero attached hydrogens (tertiary/aromatic N) is 3. The van der Waals surface area contributed by atoms with E-state index in [9.17, 15) is 4.79 Å². The van der Waals surface area contributed by atoms with Crippen LogP contribution in [0.25, 0.3) is 0 Å². The smallest absolute Gasteiger partial charge is 0.224 e. The number of hydrogen-bond acceptors (Lipinski definition) is 7. The van der Waals surface area contributed by atoms with Crippen LogP contribution >= 0.6 is 0 Å². The third-order valence-electron chi connectivity index (χ3n) is 3.91. The van der Waals surface area contributed by atoms with E-state index < -0.39 is 0 Å². The fraction of sp³-hybridized carbons (Fsp3) is 0.200. The van der Waals surface area contributed by atoms with Gasteiger partial charge in [0, 0.05) is 36.7 Å². The van der Waals surface area contributed by atoms with Crippen LogP contribution < -0.4 is 20.7 Å². The van der Waals surface area contributed by atoms with E-state index in [0.29, 0.717) is 30.5 Å². The summed E-state index contributed by atoms with van der Waals surface area (Å²) in [4.78, 5) is 16.0. The summed E-state index contributed by atoms with van der Waals surface area (Å²) in [7, 11) is 1.60. The Morgan fingerprint density at radius 1 is 0.964 bits per heavy atom. The normalized spacial score (nSPS) is 10.2. The van der Waals surface area contributed by atoms with Crippen molar-refractivity contribution >= 4 is 23.2 Å². The molecule has 3 aromatic rings. The SMILES string of the molecule is COc1ccccc1CC(=O)NCCNc1ccc(Nc2ccncc2)nn1. The zero-order chi connectivity index (χ0) is 19.6. The van der Waals surface area contributed by atoms with Crippen LogP contribution in [-0.4, -0.2) is 41.3 Å². The summed E-state index contributed by atoms with van der Waals surface area (Å²) in [5, 5.41) is 17.4. The minimum atomic E-state index is -0.0608. The van der Waals surface area contributed by atoms with Gasteiger partial charge in [-0.25, -0.2) is 0 Å². The average Bonchev–Trinajstić information content (AvgIpc) is 2.73. The molecule has 2 heterocycles. The molecule has 144 valence electrons. The van der Waals surface area contributed by atoms with Crippen molar-refractivity contribution in [1.29, 1.82) is 0 Å². The highest BCUT2D eigenvalue weighted by atomic mass is 16.5. The van der Waals surface area contributed by atoms with E-state index in [2.05, 4.69) is 31.1 Å². The molecule has 0 saturated carbocycles. The van der Waals surface area contributed by atoms with Crippen LogP contribution in [0.5, 0.6) is 5.75 Å². The zero-order valence-corrected chi connectivity index (χ0v) is 15.6. The Labute approximate surface area is 163 Å². The van der Waals surface area contributed by atoms with E-state index >= 15 is 0 Å². The van der Waals surface area contributed by atoms with Gasteiger partial charge in [0.1, 0.15) is 11.6 Å². The van der Waals surface area contributed by atoms with Crippen molar-refractivity contribution in [1.82, 2.24) is 20.5 Å². The molecule has 0 saturated heterocycles. The topological polar surface area (TPSA) is 101 Å². The van der Waals surface area contributed by atoms with E-state index in [4.69, 9.17) is 4.74 Å². The number of amides is 1. The second-order valence-corrected chi connectivity index (χ2v) is 5.93. The Morgan fingerprint density at radius 3 is 2.46 bits per heavy atom. The molecule has 0 aliphatic heterocycles. The summed E-state index contributed by atoms with van der Waals surface area (Å²) in [5.41, 5.74) is 1.75. The molecule has 8 heteroatoms. The van der Waals surface area contributed by atoms with Gasteiger partial charge in [0.25, 0.3) is 0 Å². The fourth-order valence-corrected chi connectivity index (χ4v) is 2.55. The van der Waals surface area contributed by atoms with Gasteiger partial charge in [-0.2, -0.15) is 0 Å². The quantitative estimate of drug-likeness (QED) is 0.492. The predicted molar refractivity (Wildman–Crippen MR) is 108 cm³/mol. The summed E-state index contributed by atoms with van der Waals surface area (Å²) < 4.78 is 5.26. The first kappa shape index (κ1) is 19.1. The van der Waals surface area contributed by atoms with Crippen molar-refractivity contribution < 1.29 is 9.53 Å². The molecule has 0 aliphatic rings. The van der Waals surface area contributed by atoms with Crippen molar-refractivity contribution in [3.63, 3.8) is 0 Å². The van der Waals surface area contributed by atoms with E-state index in [0.717, 1.165) is 11.3 Å². The molecule has 28 heavy (non-hydrogen) atoms. The first-order valence-corrected chi connectivity index (χ1v) is 8.88. The Kier molecular flexibility index (Phi) is 6.73. The number of carbonyl (C=O) groups excluding carboxylic acids is 1. The molecule has 0 aliphatic carbocycles. The number of pyridine rings is 1.